The molecule has 1 atom stereocenters. The molecule has 0 bridgehead atoms. The van der Waals surface area contributed by atoms with Gasteiger partial charge in [0.2, 0.25) is 17.7 Å². The van der Waals surface area contributed by atoms with Crippen LogP contribution >= 0.6 is 0 Å². The Morgan fingerprint density at radius 2 is 1.59 bits per heavy atom. The molecule has 0 spiro atoms. The number of imide groups is 2. The highest BCUT2D eigenvalue weighted by molar-refractivity contribution is 6.25. The molecule has 0 radical (unpaired) electrons. The van der Waals surface area contributed by atoms with Crippen LogP contribution in [0.1, 0.15) is 95.2 Å². The fraction of sp³-hybridized carbons (Fsp3) is 0.476. The minimum absolute atomic E-state index is 0.0586. The molecule has 3 aromatic rings. The van der Waals surface area contributed by atoms with Gasteiger partial charge in [0.05, 0.1) is 37.5 Å². The monoisotopic (exact) mass is 768 g/mol. The van der Waals surface area contributed by atoms with Crippen LogP contribution in [-0.2, 0) is 40.9 Å². The van der Waals surface area contributed by atoms with Gasteiger partial charge in [-0.15, -0.1) is 0 Å². The second-order valence-electron chi connectivity index (χ2n) is 15.1. The van der Waals surface area contributed by atoms with Gasteiger partial charge in [-0.25, -0.2) is 0 Å². The Morgan fingerprint density at radius 3 is 2.27 bits per heavy atom. The van der Waals surface area contributed by atoms with Crippen LogP contribution in [0.4, 0.5) is 5.69 Å². The maximum Gasteiger partial charge on any atom is 0.264 e. The molecule has 0 saturated carbocycles. The minimum Gasteiger partial charge on any atom is -0.496 e. The van der Waals surface area contributed by atoms with Crippen molar-refractivity contribution in [2.45, 2.75) is 83.3 Å². The van der Waals surface area contributed by atoms with Gasteiger partial charge in [0.25, 0.3) is 17.4 Å². The number of ether oxygens (including phenoxy) is 2. The fourth-order valence-electron chi connectivity index (χ4n) is 8.03. The number of piperidine rings is 1. The van der Waals surface area contributed by atoms with E-state index in [9.17, 15) is 28.8 Å². The molecule has 1 aromatic heterocycles. The third kappa shape index (κ3) is 8.35. The standard InChI is InChI=1S/C42H52N6O8/c1-45(2)23-31-34(55-4)21-26(22-35(31)56-5)29-24-46(3)40(52)30-25-47(20-18-27(29)30)37(50)15-10-8-6-7-9-11-19-43-32-14-12-13-28-38(32)42(54)48(41(28)53)33-16-17-36(49)44-39(33)51/h12-14,21-22,24,33,43H,6-11,15-20,23,25H2,1-5H3,(H,44,49,51). The number of benzene rings is 2. The number of anilines is 1. The van der Waals surface area contributed by atoms with Crippen molar-refractivity contribution in [3.05, 3.63) is 74.7 Å². The van der Waals surface area contributed by atoms with Gasteiger partial charge in [-0.05, 0) is 75.2 Å². The summed E-state index contributed by atoms with van der Waals surface area (Å²) in [5.41, 5.74) is 5.37. The summed E-state index contributed by atoms with van der Waals surface area (Å²) in [6, 6.07) is 8.04. The van der Waals surface area contributed by atoms with Crippen LogP contribution in [0.3, 0.4) is 0 Å². The first-order valence-corrected chi connectivity index (χ1v) is 19.4. The van der Waals surface area contributed by atoms with Gasteiger partial charge >= 0.3 is 0 Å². The van der Waals surface area contributed by atoms with Crippen LogP contribution in [0.15, 0.2) is 41.3 Å². The zero-order valence-electron chi connectivity index (χ0n) is 33.0. The number of pyridine rings is 1. The Morgan fingerprint density at radius 1 is 0.893 bits per heavy atom. The first-order valence-electron chi connectivity index (χ1n) is 19.4. The van der Waals surface area contributed by atoms with Gasteiger partial charge in [-0.2, -0.15) is 0 Å². The number of nitrogens with zero attached hydrogens (tertiary/aromatic N) is 4. The Bertz CT molecular complexity index is 2070. The summed E-state index contributed by atoms with van der Waals surface area (Å²) in [7, 11) is 9.01. The van der Waals surface area contributed by atoms with E-state index < -0.39 is 29.7 Å². The van der Waals surface area contributed by atoms with Crippen LogP contribution in [0.2, 0.25) is 0 Å². The lowest BCUT2D eigenvalue weighted by Crippen LogP contribution is -2.54. The summed E-state index contributed by atoms with van der Waals surface area (Å²) in [5, 5.41) is 5.52. The number of amides is 5. The minimum atomic E-state index is -1.000. The number of carbonyl (C=O) groups excluding carboxylic acids is 5. The Balaban J connectivity index is 0.958. The average molecular weight is 769 g/mol. The van der Waals surface area contributed by atoms with Gasteiger partial charge in [-0.1, -0.05) is 31.7 Å². The normalized spacial score (nSPS) is 16.6. The predicted molar refractivity (Wildman–Crippen MR) is 211 cm³/mol. The highest BCUT2D eigenvalue weighted by Crippen LogP contribution is 2.38. The predicted octanol–water partition coefficient (Wildman–Crippen LogP) is 4.26. The smallest absolute Gasteiger partial charge is 0.264 e. The lowest BCUT2D eigenvalue weighted by atomic mass is 9.91. The van der Waals surface area contributed by atoms with Crippen molar-refractivity contribution in [2.75, 3.05) is 46.7 Å². The van der Waals surface area contributed by atoms with E-state index in [4.69, 9.17) is 9.47 Å². The van der Waals surface area contributed by atoms with E-state index >= 15 is 0 Å². The number of carbonyl (C=O) groups is 5. The fourth-order valence-corrected chi connectivity index (χ4v) is 8.03. The maximum atomic E-state index is 13.4. The Kier molecular flexibility index (Phi) is 12.6. The van der Waals surface area contributed by atoms with Crippen LogP contribution in [0, 0.1) is 0 Å². The third-order valence-corrected chi connectivity index (χ3v) is 10.9. The molecule has 4 heterocycles. The van der Waals surface area contributed by atoms with Crippen molar-refractivity contribution in [3.63, 3.8) is 0 Å². The molecule has 1 saturated heterocycles. The third-order valence-electron chi connectivity index (χ3n) is 10.9. The number of aromatic nitrogens is 1. The van der Waals surface area contributed by atoms with Gasteiger partial charge in [0.1, 0.15) is 17.5 Å². The zero-order chi connectivity index (χ0) is 40.1. The van der Waals surface area contributed by atoms with E-state index in [2.05, 4.69) is 15.5 Å². The number of hydrogen-bond acceptors (Lipinski definition) is 10. The molecule has 0 aliphatic carbocycles. The number of methoxy groups -OCH3 is 2. The molecular formula is C42H52N6O8. The van der Waals surface area contributed by atoms with Crippen molar-refractivity contribution < 1.29 is 33.4 Å². The summed E-state index contributed by atoms with van der Waals surface area (Å²) < 4.78 is 13.1. The highest BCUT2D eigenvalue weighted by atomic mass is 16.5. The number of nitrogens with one attached hydrogen (secondary N) is 2. The van der Waals surface area contributed by atoms with Gasteiger partial charge in [0, 0.05) is 62.5 Å². The highest BCUT2D eigenvalue weighted by Gasteiger charge is 2.45. The largest absolute Gasteiger partial charge is 0.496 e. The maximum absolute atomic E-state index is 13.4. The molecular weight excluding hydrogens is 716 g/mol. The first-order chi connectivity index (χ1) is 26.9. The van der Waals surface area contributed by atoms with Crippen LogP contribution in [-0.4, -0.2) is 96.2 Å². The SMILES string of the molecule is COc1cc(-c2cn(C)c(=O)c3c2CCN(C(=O)CCCCCCCCNc2cccc4c2C(=O)N(C2CCC(=O)NC2=O)C4=O)C3)cc(OC)c1CN(C)C. The van der Waals surface area contributed by atoms with Crippen molar-refractivity contribution >= 4 is 35.2 Å². The molecule has 5 amide bonds. The molecule has 1 fully saturated rings. The first kappa shape index (κ1) is 40.2. The summed E-state index contributed by atoms with van der Waals surface area (Å²) >= 11 is 0. The Labute approximate surface area is 327 Å². The van der Waals surface area contributed by atoms with Crippen molar-refractivity contribution in [3.8, 4) is 22.6 Å². The summed E-state index contributed by atoms with van der Waals surface area (Å²) in [4.78, 5) is 81.9. The second-order valence-corrected chi connectivity index (χ2v) is 15.1. The molecule has 1 unspecified atom stereocenters. The number of unbranched alkanes of at least 4 members (excludes halogenated alkanes) is 5. The van der Waals surface area contributed by atoms with Crippen LogP contribution in [0.5, 0.6) is 11.5 Å². The van der Waals surface area contributed by atoms with Gasteiger partial charge in [-0.3, -0.25) is 39.0 Å². The molecule has 3 aliphatic rings. The number of hydrogen-bond donors (Lipinski definition) is 2. The summed E-state index contributed by atoms with van der Waals surface area (Å²) in [6.45, 7) is 2.09. The molecule has 3 aliphatic heterocycles. The van der Waals surface area contributed by atoms with Gasteiger partial charge in [0.15, 0.2) is 0 Å². The average Bonchev–Trinajstić information content (AvgIpc) is 3.44. The molecule has 56 heavy (non-hydrogen) atoms. The van der Waals surface area contributed by atoms with Gasteiger partial charge < -0.3 is 29.2 Å². The van der Waals surface area contributed by atoms with Crippen LogP contribution in [0.25, 0.3) is 11.1 Å². The summed E-state index contributed by atoms with van der Waals surface area (Å²) in [5.74, 6) is -0.597. The van der Waals surface area contributed by atoms with E-state index in [1.165, 1.54) is 0 Å². The van der Waals surface area contributed by atoms with E-state index in [-0.39, 0.29) is 42.0 Å². The van der Waals surface area contributed by atoms with Crippen LogP contribution < -0.4 is 25.7 Å². The molecule has 6 rings (SSSR count). The quantitative estimate of drug-likeness (QED) is 0.159. The number of fused-ring (bicyclic) bond motifs is 2. The lowest BCUT2D eigenvalue weighted by molar-refractivity contribution is -0.136. The molecule has 14 heteroatoms. The van der Waals surface area contributed by atoms with Crippen molar-refractivity contribution in [2.24, 2.45) is 7.05 Å². The van der Waals surface area contributed by atoms with E-state index in [1.807, 2.05) is 37.3 Å². The molecule has 14 nitrogen and oxygen atoms in total. The topological polar surface area (TPSA) is 160 Å². The molecule has 2 N–H and O–H groups in total. The molecule has 2 aromatic carbocycles. The number of rotatable bonds is 16. The molecule has 298 valence electrons. The Hall–Kier alpha value is -5.50. The zero-order valence-corrected chi connectivity index (χ0v) is 33.0. The summed E-state index contributed by atoms with van der Waals surface area (Å²) in [6.07, 6.45) is 8.53. The number of aryl methyl sites for hydroxylation is 1. The second kappa shape index (κ2) is 17.5. The van der Waals surface area contributed by atoms with E-state index in [0.717, 1.165) is 65.7 Å². The van der Waals surface area contributed by atoms with E-state index in [0.29, 0.717) is 55.2 Å². The van der Waals surface area contributed by atoms with E-state index in [1.54, 1.807) is 44.0 Å². The lowest BCUT2D eigenvalue weighted by Gasteiger charge is -2.30. The van der Waals surface area contributed by atoms with Crippen molar-refractivity contribution in [1.82, 2.24) is 24.6 Å². The van der Waals surface area contributed by atoms with Crippen molar-refractivity contribution in [1.29, 1.82) is 0 Å².